The number of benzene rings is 1. The maximum absolute atomic E-state index is 12.9. The van der Waals surface area contributed by atoms with Gasteiger partial charge in [0.2, 0.25) is 5.91 Å². The van der Waals surface area contributed by atoms with Crippen molar-refractivity contribution in [3.63, 3.8) is 0 Å². The van der Waals surface area contributed by atoms with Gasteiger partial charge in [0.15, 0.2) is 5.76 Å². The Labute approximate surface area is 144 Å². The SMILES string of the molecule is CNC(=O)C[C@@H]1CN(C(=O)c2cc3ccccc3o2)Cc2ccnn21. The number of rotatable bonds is 3. The van der Waals surface area contributed by atoms with Gasteiger partial charge in [0.05, 0.1) is 24.7 Å². The number of para-hydroxylation sites is 1. The molecular weight excluding hydrogens is 320 g/mol. The highest BCUT2D eigenvalue weighted by Gasteiger charge is 2.31. The summed E-state index contributed by atoms with van der Waals surface area (Å²) in [5.74, 6) is 0.0582. The fourth-order valence-electron chi connectivity index (χ4n) is 3.25. The summed E-state index contributed by atoms with van der Waals surface area (Å²) in [6, 6.07) is 11.0. The van der Waals surface area contributed by atoms with Gasteiger partial charge in [0, 0.05) is 25.2 Å². The van der Waals surface area contributed by atoms with Crippen molar-refractivity contribution in [3.8, 4) is 0 Å². The molecule has 7 nitrogen and oxygen atoms in total. The van der Waals surface area contributed by atoms with Crippen LogP contribution < -0.4 is 5.32 Å². The number of furan rings is 1. The molecule has 2 amide bonds. The molecule has 2 aromatic heterocycles. The number of carbonyl (C=O) groups is 2. The average molecular weight is 338 g/mol. The van der Waals surface area contributed by atoms with Crippen molar-refractivity contribution in [2.45, 2.75) is 19.0 Å². The molecule has 1 atom stereocenters. The third-order valence-corrected chi connectivity index (χ3v) is 4.51. The molecule has 0 spiro atoms. The number of fused-ring (bicyclic) bond motifs is 2. The molecule has 128 valence electrons. The van der Waals surface area contributed by atoms with Crippen LogP contribution in [0.2, 0.25) is 0 Å². The van der Waals surface area contributed by atoms with E-state index in [1.165, 1.54) is 0 Å². The number of aromatic nitrogens is 2. The lowest BCUT2D eigenvalue weighted by Crippen LogP contribution is -2.42. The molecule has 0 radical (unpaired) electrons. The minimum Gasteiger partial charge on any atom is -0.451 e. The first kappa shape index (κ1) is 15.4. The third-order valence-electron chi connectivity index (χ3n) is 4.51. The van der Waals surface area contributed by atoms with Crippen LogP contribution >= 0.6 is 0 Å². The highest BCUT2D eigenvalue weighted by molar-refractivity contribution is 5.96. The molecular formula is C18H18N4O3. The summed E-state index contributed by atoms with van der Waals surface area (Å²) in [5, 5.41) is 7.83. The van der Waals surface area contributed by atoms with Crippen molar-refractivity contribution in [2.75, 3.05) is 13.6 Å². The Kier molecular flexibility index (Phi) is 3.76. The normalized spacial score (nSPS) is 16.7. The molecule has 0 saturated carbocycles. The summed E-state index contributed by atoms with van der Waals surface area (Å²) < 4.78 is 7.53. The highest BCUT2D eigenvalue weighted by Crippen LogP contribution is 2.26. The monoisotopic (exact) mass is 338 g/mol. The fraction of sp³-hybridized carbons (Fsp3) is 0.278. The maximum Gasteiger partial charge on any atom is 0.290 e. The first-order chi connectivity index (χ1) is 12.2. The molecule has 25 heavy (non-hydrogen) atoms. The molecule has 0 saturated heterocycles. The minimum absolute atomic E-state index is 0.0792. The van der Waals surface area contributed by atoms with E-state index in [1.54, 1.807) is 24.2 Å². The summed E-state index contributed by atoms with van der Waals surface area (Å²) in [7, 11) is 1.60. The zero-order valence-electron chi connectivity index (χ0n) is 13.8. The van der Waals surface area contributed by atoms with Crippen molar-refractivity contribution in [1.29, 1.82) is 0 Å². The molecule has 1 N–H and O–H groups in total. The zero-order chi connectivity index (χ0) is 17.4. The van der Waals surface area contributed by atoms with E-state index in [0.29, 0.717) is 24.4 Å². The van der Waals surface area contributed by atoms with E-state index in [4.69, 9.17) is 4.42 Å². The molecule has 0 bridgehead atoms. The van der Waals surface area contributed by atoms with Crippen LogP contribution in [0.1, 0.15) is 28.7 Å². The van der Waals surface area contributed by atoms with E-state index in [0.717, 1.165) is 11.1 Å². The van der Waals surface area contributed by atoms with Gasteiger partial charge in [-0.3, -0.25) is 14.3 Å². The highest BCUT2D eigenvalue weighted by atomic mass is 16.3. The number of hydrogen-bond donors (Lipinski definition) is 1. The number of carbonyl (C=O) groups excluding carboxylic acids is 2. The Bertz CT molecular complexity index is 910. The summed E-state index contributed by atoms with van der Waals surface area (Å²) in [6.45, 7) is 0.859. The molecule has 7 heteroatoms. The second-order valence-electron chi connectivity index (χ2n) is 6.13. The number of amides is 2. The van der Waals surface area contributed by atoms with E-state index in [9.17, 15) is 9.59 Å². The van der Waals surface area contributed by atoms with Crippen molar-refractivity contribution >= 4 is 22.8 Å². The van der Waals surface area contributed by atoms with Gasteiger partial charge in [-0.15, -0.1) is 0 Å². The molecule has 1 aliphatic rings. The smallest absolute Gasteiger partial charge is 0.290 e. The van der Waals surface area contributed by atoms with Crippen LogP contribution in [-0.2, 0) is 11.3 Å². The fourth-order valence-corrected chi connectivity index (χ4v) is 3.25. The second-order valence-corrected chi connectivity index (χ2v) is 6.13. The maximum atomic E-state index is 12.9. The van der Waals surface area contributed by atoms with E-state index < -0.39 is 0 Å². The Morgan fingerprint density at radius 3 is 2.96 bits per heavy atom. The van der Waals surface area contributed by atoms with E-state index in [-0.39, 0.29) is 24.3 Å². The Balaban J connectivity index is 1.62. The summed E-state index contributed by atoms with van der Waals surface area (Å²) in [4.78, 5) is 26.4. The van der Waals surface area contributed by atoms with Crippen LogP contribution in [0, 0.1) is 0 Å². The Morgan fingerprint density at radius 2 is 2.16 bits per heavy atom. The van der Waals surface area contributed by atoms with Crippen molar-refractivity contribution in [3.05, 3.63) is 54.0 Å². The van der Waals surface area contributed by atoms with Crippen LogP contribution in [0.5, 0.6) is 0 Å². The van der Waals surface area contributed by atoms with Gasteiger partial charge in [-0.1, -0.05) is 18.2 Å². The Morgan fingerprint density at radius 1 is 1.32 bits per heavy atom. The standard InChI is InChI=1S/C18H18N4O3/c1-19-17(23)9-14-11-21(10-13-6-7-20-22(13)14)18(24)16-8-12-4-2-3-5-15(12)25-16/h2-8,14H,9-11H2,1H3,(H,19,23)/t14-/m1/s1. The minimum atomic E-state index is -0.188. The first-order valence-electron chi connectivity index (χ1n) is 8.16. The molecule has 1 aromatic carbocycles. The molecule has 3 heterocycles. The molecule has 0 aliphatic carbocycles. The van der Waals surface area contributed by atoms with Crippen molar-refractivity contribution in [2.24, 2.45) is 0 Å². The van der Waals surface area contributed by atoms with Gasteiger partial charge in [-0.2, -0.15) is 5.10 Å². The van der Waals surface area contributed by atoms with Crippen molar-refractivity contribution < 1.29 is 14.0 Å². The molecule has 3 aromatic rings. The molecule has 0 unspecified atom stereocenters. The van der Waals surface area contributed by atoms with Gasteiger partial charge in [-0.25, -0.2) is 0 Å². The van der Waals surface area contributed by atoms with Gasteiger partial charge < -0.3 is 14.6 Å². The first-order valence-corrected chi connectivity index (χ1v) is 8.16. The predicted octanol–water partition coefficient (Wildman–Crippen LogP) is 1.96. The van der Waals surface area contributed by atoms with Gasteiger partial charge in [-0.05, 0) is 18.2 Å². The average Bonchev–Trinajstić information content (AvgIpc) is 3.27. The van der Waals surface area contributed by atoms with Crippen LogP contribution in [0.3, 0.4) is 0 Å². The number of nitrogens with one attached hydrogen (secondary N) is 1. The third kappa shape index (κ3) is 2.77. The summed E-state index contributed by atoms with van der Waals surface area (Å²) in [5.41, 5.74) is 1.60. The molecule has 4 rings (SSSR count). The largest absolute Gasteiger partial charge is 0.451 e. The van der Waals surface area contributed by atoms with Gasteiger partial charge in [0.25, 0.3) is 5.91 Å². The molecule has 0 fully saturated rings. The lowest BCUT2D eigenvalue weighted by molar-refractivity contribution is -0.121. The lowest BCUT2D eigenvalue weighted by Gasteiger charge is -2.33. The number of hydrogen-bond acceptors (Lipinski definition) is 4. The summed E-state index contributed by atoms with van der Waals surface area (Å²) in [6.07, 6.45) is 1.97. The zero-order valence-corrected chi connectivity index (χ0v) is 13.8. The van der Waals surface area contributed by atoms with Crippen molar-refractivity contribution in [1.82, 2.24) is 20.0 Å². The van der Waals surface area contributed by atoms with E-state index in [2.05, 4.69) is 10.4 Å². The Hall–Kier alpha value is -3.09. The van der Waals surface area contributed by atoms with Gasteiger partial charge >= 0.3 is 0 Å². The van der Waals surface area contributed by atoms with Crippen LogP contribution in [0.15, 0.2) is 47.0 Å². The topological polar surface area (TPSA) is 80.4 Å². The second kappa shape index (κ2) is 6.08. The van der Waals surface area contributed by atoms with Crippen LogP contribution in [-0.4, -0.2) is 40.1 Å². The quantitative estimate of drug-likeness (QED) is 0.792. The van der Waals surface area contributed by atoms with Gasteiger partial charge in [0.1, 0.15) is 5.58 Å². The van der Waals surface area contributed by atoms with E-state index in [1.807, 2.05) is 35.0 Å². The predicted molar refractivity (Wildman–Crippen MR) is 90.9 cm³/mol. The summed E-state index contributed by atoms with van der Waals surface area (Å²) >= 11 is 0. The molecule has 1 aliphatic heterocycles. The van der Waals surface area contributed by atoms with Crippen LogP contribution in [0.4, 0.5) is 0 Å². The van der Waals surface area contributed by atoms with E-state index >= 15 is 0 Å². The van der Waals surface area contributed by atoms with Crippen LogP contribution in [0.25, 0.3) is 11.0 Å². The lowest BCUT2D eigenvalue weighted by atomic mass is 10.1. The number of nitrogens with zero attached hydrogens (tertiary/aromatic N) is 3.